The molecule has 3 rings (SSSR count). The molecule has 6 nitrogen and oxygen atoms in total. The molecule has 0 saturated heterocycles. The number of alkyl halides is 3. The predicted octanol–water partition coefficient (Wildman–Crippen LogP) is 3.97. The average molecular weight is 402 g/mol. The van der Waals surface area contributed by atoms with E-state index in [0.29, 0.717) is 12.4 Å². The number of carbonyl (C=O) groups excluding carboxylic acids is 2. The van der Waals surface area contributed by atoms with Crippen molar-refractivity contribution in [2.45, 2.75) is 6.18 Å². The van der Waals surface area contributed by atoms with E-state index in [1.54, 1.807) is 0 Å². The number of nitrogens with zero attached hydrogens (tertiary/aromatic N) is 3. The Balaban J connectivity index is 2.05. The second-order valence-corrected chi connectivity index (χ2v) is 5.80. The third kappa shape index (κ3) is 4.14. The number of anilines is 1. The zero-order valence-corrected chi connectivity index (χ0v) is 14.4. The number of hydrogen-bond donors (Lipinski definition) is 1. The van der Waals surface area contributed by atoms with Crippen LogP contribution in [0.4, 0.5) is 23.2 Å². The number of aromatic nitrogens is 2. The molecule has 1 amide bonds. The van der Waals surface area contributed by atoms with Crippen LogP contribution < -0.4 is 5.32 Å². The van der Waals surface area contributed by atoms with Crippen LogP contribution in [0.15, 0.2) is 48.5 Å². The molecule has 3 aromatic rings. The Morgan fingerprint density at radius 2 is 1.93 bits per heavy atom. The Morgan fingerprint density at radius 1 is 1.17 bits per heavy atom. The Bertz CT molecular complexity index is 1150. The molecular weight excluding hydrogens is 392 g/mol. The van der Waals surface area contributed by atoms with Gasteiger partial charge in [-0.15, -0.1) is 0 Å². The summed E-state index contributed by atoms with van der Waals surface area (Å²) in [5, 5.41) is 14.6. The maximum Gasteiger partial charge on any atom is 0.435 e. The molecule has 2 aromatic carbocycles. The second-order valence-electron chi connectivity index (χ2n) is 5.80. The fraction of sp³-hybridized carbons (Fsp3) is 0.0526. The van der Waals surface area contributed by atoms with Gasteiger partial charge in [0.25, 0.3) is 5.91 Å². The monoisotopic (exact) mass is 402 g/mol. The topological polar surface area (TPSA) is 87.8 Å². The first-order valence-electron chi connectivity index (χ1n) is 7.97. The van der Waals surface area contributed by atoms with E-state index in [9.17, 15) is 27.2 Å². The van der Waals surface area contributed by atoms with E-state index in [1.165, 1.54) is 30.3 Å². The zero-order chi connectivity index (χ0) is 21.2. The Kier molecular flexibility index (Phi) is 5.14. The Hall–Kier alpha value is -4.00. The van der Waals surface area contributed by atoms with Gasteiger partial charge in [0.15, 0.2) is 5.69 Å². The van der Waals surface area contributed by atoms with Crippen LogP contribution in [0, 0.1) is 17.1 Å². The van der Waals surface area contributed by atoms with E-state index in [-0.39, 0.29) is 22.5 Å². The van der Waals surface area contributed by atoms with Crippen molar-refractivity contribution in [2.75, 3.05) is 5.32 Å². The van der Waals surface area contributed by atoms with Crippen molar-refractivity contribution in [3.05, 3.63) is 76.9 Å². The molecule has 0 spiro atoms. The van der Waals surface area contributed by atoms with Gasteiger partial charge in [-0.25, -0.2) is 9.07 Å². The molecule has 29 heavy (non-hydrogen) atoms. The minimum atomic E-state index is -4.83. The van der Waals surface area contributed by atoms with Crippen LogP contribution in [-0.2, 0) is 6.18 Å². The van der Waals surface area contributed by atoms with Crippen LogP contribution in [-0.4, -0.2) is 22.0 Å². The van der Waals surface area contributed by atoms with Gasteiger partial charge in [0.05, 0.1) is 23.0 Å². The number of carbonyl (C=O) groups is 2. The minimum absolute atomic E-state index is 0.0261. The molecule has 1 N–H and O–H groups in total. The highest BCUT2D eigenvalue weighted by molar-refractivity contribution is 6.03. The van der Waals surface area contributed by atoms with Crippen LogP contribution >= 0.6 is 0 Å². The third-order valence-electron chi connectivity index (χ3n) is 3.83. The van der Waals surface area contributed by atoms with Crippen molar-refractivity contribution in [3.63, 3.8) is 0 Å². The number of amides is 1. The first-order chi connectivity index (χ1) is 13.7. The summed E-state index contributed by atoms with van der Waals surface area (Å²) in [6.07, 6.45) is -4.43. The largest absolute Gasteiger partial charge is 0.435 e. The van der Waals surface area contributed by atoms with Gasteiger partial charge in [-0.2, -0.15) is 23.5 Å². The molecule has 1 aromatic heterocycles. The van der Waals surface area contributed by atoms with Crippen LogP contribution in [0.5, 0.6) is 0 Å². The van der Waals surface area contributed by atoms with Gasteiger partial charge in [-0.1, -0.05) is 6.07 Å². The summed E-state index contributed by atoms with van der Waals surface area (Å²) in [7, 11) is 0. The van der Waals surface area contributed by atoms with Gasteiger partial charge in [-0.05, 0) is 36.4 Å². The van der Waals surface area contributed by atoms with Gasteiger partial charge >= 0.3 is 6.18 Å². The lowest BCUT2D eigenvalue weighted by atomic mass is 10.2. The van der Waals surface area contributed by atoms with Crippen LogP contribution in [0.2, 0.25) is 0 Å². The lowest BCUT2D eigenvalue weighted by molar-refractivity contribution is -0.141. The second kappa shape index (κ2) is 7.55. The fourth-order valence-corrected chi connectivity index (χ4v) is 2.48. The van der Waals surface area contributed by atoms with E-state index in [2.05, 4.69) is 10.4 Å². The van der Waals surface area contributed by atoms with Gasteiger partial charge < -0.3 is 5.32 Å². The van der Waals surface area contributed by atoms with Crippen molar-refractivity contribution in [1.29, 1.82) is 5.26 Å². The maximum absolute atomic E-state index is 14.0. The number of rotatable bonds is 4. The normalized spacial score (nSPS) is 11.0. The molecule has 0 saturated carbocycles. The number of halogens is 4. The number of nitriles is 1. The highest BCUT2D eigenvalue weighted by Gasteiger charge is 2.36. The Labute approximate surface area is 161 Å². The lowest BCUT2D eigenvalue weighted by Crippen LogP contribution is -2.17. The van der Waals surface area contributed by atoms with E-state index in [1.807, 2.05) is 6.07 Å². The van der Waals surface area contributed by atoms with Gasteiger partial charge in [0, 0.05) is 11.6 Å². The highest BCUT2D eigenvalue weighted by atomic mass is 19.4. The molecule has 1 heterocycles. The van der Waals surface area contributed by atoms with Crippen molar-refractivity contribution in [1.82, 2.24) is 9.78 Å². The summed E-state index contributed by atoms with van der Waals surface area (Å²) in [6.45, 7) is 0. The van der Waals surface area contributed by atoms with Crippen molar-refractivity contribution in [2.24, 2.45) is 0 Å². The predicted molar refractivity (Wildman–Crippen MR) is 93.0 cm³/mol. The summed E-state index contributed by atoms with van der Waals surface area (Å²) >= 11 is 0. The average Bonchev–Trinajstić information content (AvgIpc) is 3.15. The van der Waals surface area contributed by atoms with Crippen molar-refractivity contribution >= 4 is 17.9 Å². The number of benzene rings is 2. The molecule has 0 bridgehead atoms. The quantitative estimate of drug-likeness (QED) is 0.529. The van der Waals surface area contributed by atoms with Crippen LogP contribution in [0.3, 0.4) is 0 Å². The van der Waals surface area contributed by atoms with Crippen molar-refractivity contribution in [3.8, 4) is 11.8 Å². The molecular formula is C19H10F4N4O2. The smallest absolute Gasteiger partial charge is 0.318 e. The summed E-state index contributed by atoms with van der Waals surface area (Å²) in [5.74, 6) is -2.00. The molecule has 0 radical (unpaired) electrons. The summed E-state index contributed by atoms with van der Waals surface area (Å²) < 4.78 is 54.1. The molecule has 146 valence electrons. The molecule has 0 aliphatic heterocycles. The minimum Gasteiger partial charge on any atom is -0.318 e. The number of nitrogens with one attached hydrogen (secondary N) is 1. The summed E-state index contributed by atoms with van der Waals surface area (Å²) in [4.78, 5) is 23.2. The van der Waals surface area contributed by atoms with Gasteiger partial charge in [-0.3, -0.25) is 9.59 Å². The first kappa shape index (κ1) is 19.8. The maximum atomic E-state index is 14.0. The highest BCUT2D eigenvalue weighted by Crippen LogP contribution is 2.30. The SMILES string of the molecule is N#Cc1cccc(-n2nc(C(F)(F)F)cc2C(=O)Nc2ccc(C=O)cc2F)c1. The fourth-order valence-electron chi connectivity index (χ4n) is 2.48. The molecule has 0 aliphatic rings. The van der Waals surface area contributed by atoms with Gasteiger partial charge in [0.2, 0.25) is 0 Å². The molecule has 0 atom stereocenters. The van der Waals surface area contributed by atoms with E-state index >= 15 is 0 Å². The van der Waals surface area contributed by atoms with Crippen LogP contribution in [0.25, 0.3) is 5.69 Å². The van der Waals surface area contributed by atoms with E-state index in [0.717, 1.165) is 16.8 Å². The lowest BCUT2D eigenvalue weighted by Gasteiger charge is -2.09. The van der Waals surface area contributed by atoms with Crippen molar-refractivity contribution < 1.29 is 27.2 Å². The van der Waals surface area contributed by atoms with E-state index in [4.69, 9.17) is 5.26 Å². The van der Waals surface area contributed by atoms with E-state index < -0.39 is 29.3 Å². The number of hydrogen-bond acceptors (Lipinski definition) is 4. The molecule has 10 heteroatoms. The Morgan fingerprint density at radius 3 is 2.55 bits per heavy atom. The number of aldehydes is 1. The first-order valence-corrected chi connectivity index (χ1v) is 7.97. The van der Waals surface area contributed by atoms with Gasteiger partial charge in [0.1, 0.15) is 17.8 Å². The molecule has 0 aliphatic carbocycles. The third-order valence-corrected chi connectivity index (χ3v) is 3.83. The summed E-state index contributed by atoms with van der Waals surface area (Å²) in [6, 6.07) is 11.0. The zero-order valence-electron chi connectivity index (χ0n) is 14.4. The van der Waals surface area contributed by atoms with Crippen LogP contribution in [0.1, 0.15) is 32.1 Å². The molecule has 0 fully saturated rings. The standard InChI is InChI=1S/C19H10F4N4O2/c20-14-7-12(10-28)4-5-15(14)25-18(29)16-8-17(19(21,22)23)26-27(16)13-3-1-2-11(6-13)9-24/h1-8,10H,(H,25,29). The summed E-state index contributed by atoms with van der Waals surface area (Å²) in [5.41, 5.74) is -1.96. The molecule has 0 unspecified atom stereocenters.